The molecule has 6 heteroatoms. The van der Waals surface area contributed by atoms with E-state index < -0.39 is 0 Å². The first-order chi connectivity index (χ1) is 10.6. The van der Waals surface area contributed by atoms with Crippen molar-refractivity contribution >= 4 is 17.3 Å². The monoisotopic (exact) mass is 304 g/mol. The third-order valence-electron chi connectivity index (χ3n) is 5.00. The Kier molecular flexibility index (Phi) is 3.87. The number of hydrogen-bond acceptors (Lipinski definition) is 5. The van der Waals surface area contributed by atoms with Gasteiger partial charge in [0.2, 0.25) is 0 Å². The van der Waals surface area contributed by atoms with Gasteiger partial charge in [-0.2, -0.15) is 0 Å². The van der Waals surface area contributed by atoms with Crippen molar-refractivity contribution in [2.24, 2.45) is 11.7 Å². The predicted octanol–water partition coefficient (Wildman–Crippen LogP) is 1.34. The van der Waals surface area contributed by atoms with E-state index in [2.05, 4.69) is 10.6 Å². The number of carbonyl (C=O) groups is 1. The summed E-state index contributed by atoms with van der Waals surface area (Å²) in [4.78, 5) is 14.8. The zero-order chi connectivity index (χ0) is 15.9. The second-order valence-corrected chi connectivity index (χ2v) is 6.04. The zero-order valence-electron chi connectivity index (χ0n) is 13.3. The molecule has 1 amide bonds. The lowest BCUT2D eigenvalue weighted by Crippen LogP contribution is -2.41. The van der Waals surface area contributed by atoms with Gasteiger partial charge in [0.15, 0.2) is 0 Å². The van der Waals surface area contributed by atoms with Crippen LogP contribution in [-0.2, 0) is 0 Å². The van der Waals surface area contributed by atoms with E-state index in [-0.39, 0.29) is 18.0 Å². The maximum atomic E-state index is 12.9. The van der Waals surface area contributed by atoms with E-state index in [1.165, 1.54) is 0 Å². The lowest BCUT2D eigenvalue weighted by molar-refractivity contribution is 0.0700. The Balaban J connectivity index is 1.93. The number of rotatable bonds is 4. The number of amides is 1. The molecule has 0 spiro atoms. The van der Waals surface area contributed by atoms with E-state index in [0.29, 0.717) is 17.2 Å². The average molecular weight is 304 g/mol. The van der Waals surface area contributed by atoms with Crippen molar-refractivity contribution in [1.82, 2.24) is 4.90 Å². The molecule has 0 radical (unpaired) electrons. The lowest BCUT2D eigenvalue weighted by atomic mass is 10.1. The average Bonchev–Trinajstić information content (AvgIpc) is 3.07. The summed E-state index contributed by atoms with van der Waals surface area (Å²) >= 11 is 0. The first-order valence-corrected chi connectivity index (χ1v) is 7.74. The van der Waals surface area contributed by atoms with Crippen LogP contribution in [0.1, 0.15) is 23.2 Å². The molecule has 3 rings (SSSR count). The highest BCUT2D eigenvalue weighted by Gasteiger charge is 2.46. The molecule has 4 N–H and O–H groups in total. The van der Waals surface area contributed by atoms with Crippen molar-refractivity contribution in [1.29, 1.82) is 0 Å². The molecular weight excluding hydrogens is 280 g/mol. The third kappa shape index (κ3) is 2.18. The van der Waals surface area contributed by atoms with Crippen LogP contribution in [0.5, 0.6) is 5.75 Å². The van der Waals surface area contributed by atoms with E-state index in [4.69, 9.17) is 10.5 Å². The van der Waals surface area contributed by atoms with Gasteiger partial charge in [0.25, 0.3) is 5.91 Å². The molecular formula is C16H24N4O2. The summed E-state index contributed by atoms with van der Waals surface area (Å²) in [6, 6.07) is 3.98. The molecule has 1 aromatic carbocycles. The smallest absolute Gasteiger partial charge is 0.254 e. The number of methoxy groups -OCH3 is 1. The van der Waals surface area contributed by atoms with Crippen molar-refractivity contribution in [2.75, 3.05) is 38.4 Å². The number of ether oxygens (including phenoxy) is 1. The summed E-state index contributed by atoms with van der Waals surface area (Å²) in [6.07, 6.45) is 2.15. The number of piperidine rings is 1. The van der Waals surface area contributed by atoms with Gasteiger partial charge in [0.05, 0.1) is 12.8 Å². The number of nitrogens with two attached hydrogens (primary N) is 1. The number of likely N-dealkylation sites (tertiary alicyclic amines) is 1. The van der Waals surface area contributed by atoms with Crippen LogP contribution >= 0.6 is 0 Å². The Morgan fingerprint density at radius 2 is 2.09 bits per heavy atom. The molecule has 2 fully saturated rings. The molecule has 0 unspecified atom stereocenters. The molecule has 2 bridgehead atoms. The minimum absolute atomic E-state index is 0.0418. The molecule has 6 nitrogen and oxygen atoms in total. The topological polar surface area (TPSA) is 79.6 Å². The van der Waals surface area contributed by atoms with Crippen LogP contribution in [0.4, 0.5) is 11.4 Å². The van der Waals surface area contributed by atoms with Crippen molar-refractivity contribution in [3.05, 3.63) is 17.7 Å². The van der Waals surface area contributed by atoms with Gasteiger partial charge in [-0.15, -0.1) is 0 Å². The lowest BCUT2D eigenvalue weighted by Gasteiger charge is -2.28. The quantitative estimate of drug-likeness (QED) is 0.782. The molecule has 1 heterocycles. The molecule has 1 aliphatic heterocycles. The van der Waals surface area contributed by atoms with Gasteiger partial charge in [0.1, 0.15) is 11.4 Å². The van der Waals surface area contributed by atoms with Crippen molar-refractivity contribution in [3.63, 3.8) is 0 Å². The zero-order valence-corrected chi connectivity index (χ0v) is 13.3. The van der Waals surface area contributed by atoms with Crippen LogP contribution in [0.2, 0.25) is 0 Å². The minimum Gasteiger partial charge on any atom is -0.494 e. The third-order valence-corrected chi connectivity index (χ3v) is 5.00. The van der Waals surface area contributed by atoms with Crippen LogP contribution in [0.3, 0.4) is 0 Å². The fourth-order valence-corrected chi connectivity index (χ4v) is 3.80. The van der Waals surface area contributed by atoms with E-state index >= 15 is 0 Å². The first-order valence-electron chi connectivity index (χ1n) is 7.74. The fourth-order valence-electron chi connectivity index (χ4n) is 3.80. The molecule has 22 heavy (non-hydrogen) atoms. The summed E-state index contributed by atoms with van der Waals surface area (Å²) in [5, 5.41) is 6.22. The Morgan fingerprint density at radius 3 is 2.59 bits per heavy atom. The second-order valence-electron chi connectivity index (χ2n) is 6.04. The number of anilines is 2. The number of hydrogen-bond donors (Lipinski definition) is 3. The Morgan fingerprint density at radius 1 is 1.32 bits per heavy atom. The highest BCUT2D eigenvalue weighted by Crippen LogP contribution is 2.39. The maximum absolute atomic E-state index is 12.9. The van der Waals surface area contributed by atoms with Crippen molar-refractivity contribution < 1.29 is 9.53 Å². The summed E-state index contributed by atoms with van der Waals surface area (Å²) in [6.45, 7) is 0.773. The van der Waals surface area contributed by atoms with Gasteiger partial charge in [-0.25, -0.2) is 0 Å². The largest absolute Gasteiger partial charge is 0.494 e. The van der Waals surface area contributed by atoms with Gasteiger partial charge >= 0.3 is 0 Å². The van der Waals surface area contributed by atoms with Gasteiger partial charge < -0.3 is 26.0 Å². The van der Waals surface area contributed by atoms with Crippen LogP contribution in [0, 0.1) is 5.92 Å². The highest BCUT2D eigenvalue weighted by atomic mass is 16.5. The minimum atomic E-state index is 0.0418. The molecule has 1 saturated heterocycles. The number of fused-ring (bicyclic) bond motifs is 2. The van der Waals surface area contributed by atoms with E-state index in [1.54, 1.807) is 13.2 Å². The molecule has 3 atom stereocenters. The van der Waals surface area contributed by atoms with Crippen LogP contribution < -0.4 is 21.1 Å². The van der Waals surface area contributed by atoms with Crippen LogP contribution in [0.15, 0.2) is 12.1 Å². The van der Waals surface area contributed by atoms with E-state index in [1.807, 2.05) is 25.1 Å². The number of carbonyl (C=O) groups excluding carboxylic acids is 1. The van der Waals surface area contributed by atoms with Gasteiger partial charge in [-0.1, -0.05) is 0 Å². The molecule has 1 aliphatic carbocycles. The van der Waals surface area contributed by atoms with Gasteiger partial charge in [0, 0.05) is 38.3 Å². The second kappa shape index (κ2) is 5.68. The van der Waals surface area contributed by atoms with Crippen LogP contribution in [0.25, 0.3) is 0 Å². The Hall–Kier alpha value is -1.95. The first kappa shape index (κ1) is 15.0. The molecule has 1 aromatic rings. The number of benzene rings is 1. The molecule has 2 aliphatic rings. The van der Waals surface area contributed by atoms with Crippen LogP contribution in [-0.4, -0.2) is 50.6 Å². The Labute approximate surface area is 131 Å². The van der Waals surface area contributed by atoms with Crippen molar-refractivity contribution in [2.45, 2.75) is 24.9 Å². The predicted molar refractivity (Wildman–Crippen MR) is 87.6 cm³/mol. The molecule has 0 aromatic heterocycles. The van der Waals surface area contributed by atoms with E-state index in [0.717, 1.165) is 30.8 Å². The van der Waals surface area contributed by atoms with E-state index in [9.17, 15) is 4.79 Å². The number of nitrogens with zero attached hydrogens (tertiary/aromatic N) is 1. The summed E-state index contributed by atoms with van der Waals surface area (Å²) in [5.74, 6) is 1.16. The molecule has 1 saturated carbocycles. The van der Waals surface area contributed by atoms with Gasteiger partial charge in [-0.05, 0) is 30.9 Å². The maximum Gasteiger partial charge on any atom is 0.254 e. The van der Waals surface area contributed by atoms with Gasteiger partial charge in [-0.3, -0.25) is 4.79 Å². The standard InChI is InChI=1S/C16H24N4O2/c1-18-11-6-10(7-13(22-3)15(11)19-2)16(21)20-8-9-4-5-12(20)14(9)17/h6-7,9,12,14,18-19H,4-5,8,17H2,1-3H3/t9-,12-,14-/m1/s1. The summed E-state index contributed by atoms with van der Waals surface area (Å²) in [7, 11) is 5.27. The SMILES string of the molecule is CNc1cc(C(=O)N2C[C@H]3CC[C@@H]2[C@@H]3N)cc(OC)c1NC. The normalized spacial score (nSPS) is 26.2. The summed E-state index contributed by atoms with van der Waals surface area (Å²) in [5.41, 5.74) is 8.54. The summed E-state index contributed by atoms with van der Waals surface area (Å²) < 4.78 is 5.42. The highest BCUT2D eigenvalue weighted by molar-refractivity contribution is 5.98. The Bertz CT molecular complexity index is 565. The van der Waals surface area contributed by atoms with Crippen molar-refractivity contribution in [3.8, 4) is 5.75 Å². The fraction of sp³-hybridized carbons (Fsp3) is 0.562. The molecule has 120 valence electrons. The number of nitrogens with one attached hydrogen (secondary N) is 2.